The number of nitrogens with one attached hydrogen (secondary N) is 1. The van der Waals surface area contributed by atoms with Gasteiger partial charge in [-0.3, -0.25) is 4.79 Å². The van der Waals surface area contributed by atoms with Gasteiger partial charge in [-0.25, -0.2) is 9.82 Å². The van der Waals surface area contributed by atoms with Crippen molar-refractivity contribution in [3.05, 3.63) is 63.9 Å². The van der Waals surface area contributed by atoms with Gasteiger partial charge in [-0.05, 0) is 36.6 Å². The molecule has 6 heteroatoms. The molecule has 2 N–H and O–H groups in total. The van der Waals surface area contributed by atoms with Gasteiger partial charge in [-0.1, -0.05) is 30.7 Å². The van der Waals surface area contributed by atoms with Crippen LogP contribution in [-0.2, 0) is 0 Å². The lowest BCUT2D eigenvalue weighted by Gasteiger charge is -2.06. The maximum Gasteiger partial charge on any atom is 0.272 e. The third kappa shape index (κ3) is 2.80. The minimum atomic E-state index is -0.458. The zero-order valence-electron chi connectivity index (χ0n) is 12.3. The van der Waals surface area contributed by atoms with E-state index >= 15 is 0 Å². The van der Waals surface area contributed by atoms with Crippen molar-refractivity contribution < 1.29 is 14.3 Å². The van der Waals surface area contributed by atoms with E-state index in [0.29, 0.717) is 33.8 Å². The van der Waals surface area contributed by atoms with Gasteiger partial charge in [0.25, 0.3) is 5.91 Å². The molecule has 1 aliphatic rings. The molecule has 1 atom stereocenters. The van der Waals surface area contributed by atoms with Gasteiger partial charge in [0, 0.05) is 11.1 Å². The van der Waals surface area contributed by atoms with Gasteiger partial charge in [-0.2, -0.15) is 5.10 Å². The third-order valence-corrected chi connectivity index (χ3v) is 4.19. The van der Waals surface area contributed by atoms with Crippen LogP contribution in [0.3, 0.4) is 0 Å². The van der Waals surface area contributed by atoms with Crippen molar-refractivity contribution in [2.24, 2.45) is 5.10 Å². The van der Waals surface area contributed by atoms with E-state index in [1.807, 2.05) is 6.92 Å². The second-order valence-corrected chi connectivity index (χ2v) is 5.85. The standard InChI is InChI=1S/C17H14ClFN2O2/c1-9-8-13(16-14(22)7-6-12(19)15(9)16)20-21-17(23)10-4-2-3-5-11(10)18/h2-7,9,22H,8H2,1H3,(H,21,23)/b20-13+/t9-/m1/s1. The van der Waals surface area contributed by atoms with E-state index in [4.69, 9.17) is 11.6 Å². The summed E-state index contributed by atoms with van der Waals surface area (Å²) in [4.78, 5) is 12.1. The molecule has 0 radical (unpaired) electrons. The van der Waals surface area contributed by atoms with Crippen molar-refractivity contribution >= 4 is 23.2 Å². The largest absolute Gasteiger partial charge is 0.507 e. The van der Waals surface area contributed by atoms with E-state index in [-0.39, 0.29) is 17.5 Å². The van der Waals surface area contributed by atoms with Gasteiger partial charge in [-0.15, -0.1) is 0 Å². The first-order chi connectivity index (χ1) is 11.0. The summed E-state index contributed by atoms with van der Waals surface area (Å²) in [7, 11) is 0. The Hall–Kier alpha value is -2.40. The Morgan fingerprint density at radius 3 is 2.83 bits per heavy atom. The van der Waals surface area contributed by atoms with Crippen LogP contribution in [0.4, 0.5) is 4.39 Å². The van der Waals surface area contributed by atoms with E-state index in [1.54, 1.807) is 24.3 Å². The summed E-state index contributed by atoms with van der Waals surface area (Å²) in [5.41, 5.74) is 3.95. The second kappa shape index (κ2) is 6.01. The molecule has 118 valence electrons. The van der Waals surface area contributed by atoms with Crippen molar-refractivity contribution in [2.75, 3.05) is 0 Å². The first-order valence-electron chi connectivity index (χ1n) is 7.12. The van der Waals surface area contributed by atoms with Crippen molar-refractivity contribution in [2.45, 2.75) is 19.3 Å². The van der Waals surface area contributed by atoms with Gasteiger partial charge in [0.1, 0.15) is 11.6 Å². The molecular weight excluding hydrogens is 319 g/mol. The number of amides is 1. The monoisotopic (exact) mass is 332 g/mol. The lowest BCUT2D eigenvalue weighted by molar-refractivity contribution is 0.0955. The highest BCUT2D eigenvalue weighted by Gasteiger charge is 2.30. The Balaban J connectivity index is 1.91. The van der Waals surface area contributed by atoms with Crippen LogP contribution in [0, 0.1) is 5.82 Å². The SMILES string of the molecule is C[C@@H]1C/C(=N\NC(=O)c2ccccc2Cl)c2c(O)ccc(F)c21. The lowest BCUT2D eigenvalue weighted by atomic mass is 10.0. The maximum atomic E-state index is 13.9. The molecule has 2 aromatic rings. The number of benzene rings is 2. The van der Waals surface area contributed by atoms with Crippen molar-refractivity contribution in [1.29, 1.82) is 0 Å². The summed E-state index contributed by atoms with van der Waals surface area (Å²) in [6.45, 7) is 1.85. The number of rotatable bonds is 2. The van der Waals surface area contributed by atoms with Gasteiger partial charge >= 0.3 is 0 Å². The summed E-state index contributed by atoms with van der Waals surface area (Å²) in [6, 6.07) is 9.13. The first-order valence-corrected chi connectivity index (χ1v) is 7.50. The van der Waals surface area contributed by atoms with E-state index in [1.165, 1.54) is 12.1 Å². The Bertz CT molecular complexity index is 820. The molecule has 0 fully saturated rings. The Morgan fingerprint density at radius 1 is 1.35 bits per heavy atom. The summed E-state index contributed by atoms with van der Waals surface area (Å²) in [5.74, 6) is -1.00. The summed E-state index contributed by atoms with van der Waals surface area (Å²) in [5, 5.41) is 14.4. The van der Waals surface area contributed by atoms with E-state index in [0.717, 1.165) is 0 Å². The quantitative estimate of drug-likeness (QED) is 0.821. The fraction of sp³-hybridized carbons (Fsp3) is 0.176. The van der Waals surface area contributed by atoms with Gasteiger partial charge in [0.15, 0.2) is 0 Å². The molecule has 0 saturated heterocycles. The zero-order chi connectivity index (χ0) is 16.6. The second-order valence-electron chi connectivity index (χ2n) is 5.44. The Morgan fingerprint density at radius 2 is 2.09 bits per heavy atom. The molecule has 0 saturated carbocycles. The molecular formula is C17H14ClFN2O2. The van der Waals surface area contributed by atoms with Crippen LogP contribution in [0.5, 0.6) is 5.75 Å². The van der Waals surface area contributed by atoms with E-state index in [9.17, 15) is 14.3 Å². The molecule has 0 unspecified atom stereocenters. The van der Waals surface area contributed by atoms with Crippen molar-refractivity contribution in [1.82, 2.24) is 5.43 Å². The molecule has 2 aromatic carbocycles. The number of fused-ring (bicyclic) bond motifs is 1. The van der Waals surface area contributed by atoms with Crippen LogP contribution in [-0.4, -0.2) is 16.7 Å². The molecule has 0 heterocycles. The smallest absolute Gasteiger partial charge is 0.272 e. The number of phenolic OH excluding ortho intramolecular Hbond substituents is 1. The highest BCUT2D eigenvalue weighted by molar-refractivity contribution is 6.33. The number of nitrogens with zero attached hydrogens (tertiary/aromatic N) is 1. The van der Waals surface area contributed by atoms with Crippen LogP contribution < -0.4 is 5.43 Å². The highest BCUT2D eigenvalue weighted by atomic mass is 35.5. The highest BCUT2D eigenvalue weighted by Crippen LogP contribution is 2.39. The van der Waals surface area contributed by atoms with Crippen LogP contribution in [0.15, 0.2) is 41.5 Å². The summed E-state index contributed by atoms with van der Waals surface area (Å²) in [6.07, 6.45) is 0.437. The predicted octanol–water partition coefficient (Wildman–Crippen LogP) is 3.83. The molecule has 23 heavy (non-hydrogen) atoms. The average molecular weight is 333 g/mol. The molecule has 0 aliphatic heterocycles. The molecule has 1 aliphatic carbocycles. The Kier molecular flexibility index (Phi) is 4.05. The molecule has 3 rings (SSSR count). The molecule has 0 bridgehead atoms. The van der Waals surface area contributed by atoms with Crippen molar-refractivity contribution in [3.8, 4) is 5.75 Å². The van der Waals surface area contributed by atoms with E-state index in [2.05, 4.69) is 10.5 Å². The lowest BCUT2D eigenvalue weighted by Crippen LogP contribution is -2.20. The van der Waals surface area contributed by atoms with Crippen LogP contribution >= 0.6 is 11.6 Å². The fourth-order valence-corrected chi connectivity index (χ4v) is 3.01. The molecule has 1 amide bonds. The minimum Gasteiger partial charge on any atom is -0.507 e. The predicted molar refractivity (Wildman–Crippen MR) is 86.6 cm³/mol. The van der Waals surface area contributed by atoms with Gasteiger partial charge in [0.2, 0.25) is 0 Å². The van der Waals surface area contributed by atoms with Crippen LogP contribution in [0.2, 0.25) is 5.02 Å². The molecule has 0 spiro atoms. The number of aromatic hydroxyl groups is 1. The minimum absolute atomic E-state index is 0.0449. The summed E-state index contributed by atoms with van der Waals surface area (Å²) < 4.78 is 13.9. The zero-order valence-corrected chi connectivity index (χ0v) is 13.1. The normalized spacial score (nSPS) is 18.0. The van der Waals surface area contributed by atoms with Crippen molar-refractivity contribution in [3.63, 3.8) is 0 Å². The maximum absolute atomic E-state index is 13.9. The number of phenols is 1. The molecule has 0 aromatic heterocycles. The number of hydrogen-bond acceptors (Lipinski definition) is 3. The average Bonchev–Trinajstić information content (AvgIpc) is 2.87. The number of halogens is 2. The number of hydrogen-bond donors (Lipinski definition) is 2. The number of carbonyl (C=O) groups is 1. The van der Waals surface area contributed by atoms with E-state index < -0.39 is 5.91 Å². The van der Waals surface area contributed by atoms with Gasteiger partial charge in [0.05, 0.1) is 16.3 Å². The number of hydrazone groups is 1. The van der Waals surface area contributed by atoms with Crippen LogP contribution in [0.25, 0.3) is 0 Å². The first kappa shape index (κ1) is 15.5. The number of carbonyl (C=O) groups excluding carboxylic acids is 1. The third-order valence-electron chi connectivity index (χ3n) is 3.86. The Labute approximate surface area is 137 Å². The van der Waals surface area contributed by atoms with Gasteiger partial charge < -0.3 is 5.11 Å². The molecule has 4 nitrogen and oxygen atoms in total. The summed E-state index contributed by atoms with van der Waals surface area (Å²) >= 11 is 5.97. The fourth-order valence-electron chi connectivity index (χ4n) is 2.79. The topological polar surface area (TPSA) is 61.7 Å². The van der Waals surface area contributed by atoms with Crippen LogP contribution in [0.1, 0.15) is 40.7 Å².